The summed E-state index contributed by atoms with van der Waals surface area (Å²) in [5.41, 5.74) is -0.656. The van der Waals surface area contributed by atoms with E-state index in [0.717, 1.165) is 17.5 Å². The minimum Gasteiger partial charge on any atom is -0.479 e. The maximum absolute atomic E-state index is 12.8. The molecule has 1 aromatic rings. The zero-order chi connectivity index (χ0) is 20.1. The molecule has 2 saturated carbocycles. The number of carbonyl (C=O) groups is 1. The van der Waals surface area contributed by atoms with Crippen molar-refractivity contribution in [2.24, 2.45) is 23.2 Å². The third kappa shape index (κ3) is 3.12. The number of carboxylic acid groups (broad SMARTS) is 1. The van der Waals surface area contributed by atoms with Crippen LogP contribution in [0.25, 0.3) is 0 Å². The molecule has 0 aliphatic heterocycles. The third-order valence-corrected chi connectivity index (χ3v) is 8.48. The van der Waals surface area contributed by atoms with E-state index in [1.807, 2.05) is 0 Å². The van der Waals surface area contributed by atoms with E-state index in [-0.39, 0.29) is 17.0 Å². The quantitative estimate of drug-likeness (QED) is 0.737. The molecule has 0 aromatic carbocycles. The smallest absolute Gasteiger partial charge is 0.331 e. The van der Waals surface area contributed by atoms with Crippen LogP contribution in [0.2, 0.25) is 0 Å². The highest BCUT2D eigenvalue weighted by Gasteiger charge is 2.48. The molecular formula is C20H30BrN3O3. The van der Waals surface area contributed by atoms with Crippen LogP contribution in [0, 0.1) is 23.2 Å². The number of carboxylic acids is 1. The highest BCUT2D eigenvalue weighted by Crippen LogP contribution is 2.48. The maximum Gasteiger partial charge on any atom is 0.331 e. The predicted octanol–water partition coefficient (Wildman–Crippen LogP) is 4.09. The van der Waals surface area contributed by atoms with E-state index in [1.54, 1.807) is 6.20 Å². The molecule has 3 rings (SSSR count). The van der Waals surface area contributed by atoms with Crippen molar-refractivity contribution in [3.05, 3.63) is 21.0 Å². The molecule has 0 amide bonds. The van der Waals surface area contributed by atoms with Crippen molar-refractivity contribution >= 4 is 27.6 Å². The minimum atomic E-state index is -1.19. The molecule has 0 spiro atoms. The summed E-state index contributed by atoms with van der Waals surface area (Å²) < 4.78 is 1.51. The first kappa shape index (κ1) is 20.4. The molecule has 0 bridgehead atoms. The molecule has 4 atom stereocenters. The zero-order valence-corrected chi connectivity index (χ0v) is 18.3. The topological polar surface area (TPSA) is 84.2 Å². The summed E-state index contributed by atoms with van der Waals surface area (Å²) in [5, 5.41) is 17.3. The predicted molar refractivity (Wildman–Crippen MR) is 109 cm³/mol. The van der Waals surface area contributed by atoms with E-state index in [0.29, 0.717) is 40.8 Å². The largest absolute Gasteiger partial charge is 0.479 e. The fraction of sp³-hybridized carbons (Fsp3) is 0.750. The van der Waals surface area contributed by atoms with Gasteiger partial charge in [-0.05, 0) is 64.8 Å². The number of halogens is 1. The van der Waals surface area contributed by atoms with Crippen molar-refractivity contribution in [1.29, 1.82) is 0 Å². The molecule has 1 aromatic heterocycles. The van der Waals surface area contributed by atoms with Crippen LogP contribution < -0.4 is 10.9 Å². The Balaban J connectivity index is 1.88. The van der Waals surface area contributed by atoms with Crippen LogP contribution in [0.5, 0.6) is 0 Å². The summed E-state index contributed by atoms with van der Waals surface area (Å²) in [6.07, 6.45) is 4.29. The second kappa shape index (κ2) is 6.90. The lowest BCUT2D eigenvalue weighted by Gasteiger charge is -2.50. The van der Waals surface area contributed by atoms with E-state index in [9.17, 15) is 14.7 Å². The zero-order valence-electron chi connectivity index (χ0n) is 16.8. The number of nitrogens with zero attached hydrogens (tertiary/aromatic N) is 2. The van der Waals surface area contributed by atoms with Gasteiger partial charge < -0.3 is 10.4 Å². The van der Waals surface area contributed by atoms with Crippen LogP contribution in [0.4, 0.5) is 5.69 Å². The lowest BCUT2D eigenvalue weighted by atomic mass is 9.58. The van der Waals surface area contributed by atoms with Gasteiger partial charge in [-0.15, -0.1) is 0 Å². The first-order chi connectivity index (χ1) is 12.5. The van der Waals surface area contributed by atoms with Gasteiger partial charge in [0.15, 0.2) is 5.54 Å². The van der Waals surface area contributed by atoms with Crippen molar-refractivity contribution < 1.29 is 9.90 Å². The molecule has 2 N–H and O–H groups in total. The highest BCUT2D eigenvalue weighted by molar-refractivity contribution is 9.10. The number of hydrogen-bond acceptors (Lipinski definition) is 4. The van der Waals surface area contributed by atoms with Crippen molar-refractivity contribution in [2.75, 3.05) is 5.32 Å². The number of nitrogens with one attached hydrogen (secondary N) is 1. The summed E-state index contributed by atoms with van der Waals surface area (Å²) in [5.74, 6) is 0.555. The summed E-state index contributed by atoms with van der Waals surface area (Å²) in [6.45, 7) is 11.5. The number of aromatic nitrogens is 2. The van der Waals surface area contributed by atoms with Gasteiger partial charge in [0.1, 0.15) is 4.47 Å². The summed E-state index contributed by atoms with van der Waals surface area (Å²) in [7, 11) is 0. The Bertz CT molecular complexity index is 800. The lowest BCUT2D eigenvalue weighted by Crippen LogP contribution is -2.53. The number of rotatable bonds is 4. The minimum absolute atomic E-state index is 0.244. The van der Waals surface area contributed by atoms with Crippen molar-refractivity contribution in [2.45, 2.75) is 71.9 Å². The Morgan fingerprint density at radius 3 is 2.48 bits per heavy atom. The van der Waals surface area contributed by atoms with Crippen molar-refractivity contribution in [3.63, 3.8) is 0 Å². The Morgan fingerprint density at radius 1 is 1.33 bits per heavy atom. The first-order valence-corrected chi connectivity index (χ1v) is 10.6. The first-order valence-electron chi connectivity index (χ1n) is 9.80. The Hall–Kier alpha value is -1.37. The van der Waals surface area contributed by atoms with Crippen LogP contribution in [0.1, 0.15) is 60.3 Å². The third-order valence-electron chi connectivity index (χ3n) is 7.72. The van der Waals surface area contributed by atoms with Crippen LogP contribution >= 0.6 is 15.9 Å². The van der Waals surface area contributed by atoms with E-state index < -0.39 is 11.5 Å². The van der Waals surface area contributed by atoms with Crippen molar-refractivity contribution in [3.8, 4) is 0 Å². The summed E-state index contributed by atoms with van der Waals surface area (Å²) in [4.78, 5) is 24.6. The Morgan fingerprint density at radius 2 is 1.96 bits per heavy atom. The van der Waals surface area contributed by atoms with Gasteiger partial charge in [0, 0.05) is 6.04 Å². The molecule has 2 fully saturated rings. The van der Waals surface area contributed by atoms with E-state index in [4.69, 9.17) is 0 Å². The van der Waals surface area contributed by atoms with Crippen LogP contribution in [0.3, 0.4) is 0 Å². The molecule has 7 heteroatoms. The number of hydrogen-bond donors (Lipinski definition) is 2. The normalized spacial score (nSPS) is 31.8. The van der Waals surface area contributed by atoms with E-state index >= 15 is 0 Å². The maximum atomic E-state index is 12.8. The summed E-state index contributed by atoms with van der Waals surface area (Å²) >= 11 is 3.40. The fourth-order valence-electron chi connectivity index (χ4n) is 4.63. The van der Waals surface area contributed by atoms with Gasteiger partial charge in [-0.3, -0.25) is 4.79 Å². The molecule has 27 heavy (non-hydrogen) atoms. The van der Waals surface area contributed by atoms with Crippen LogP contribution in [-0.4, -0.2) is 26.9 Å². The molecule has 150 valence electrons. The number of anilines is 1. The highest BCUT2D eigenvalue weighted by atomic mass is 79.9. The van der Waals surface area contributed by atoms with Gasteiger partial charge in [-0.25, -0.2) is 9.48 Å². The Kier molecular flexibility index (Phi) is 5.21. The molecular weight excluding hydrogens is 410 g/mol. The average molecular weight is 440 g/mol. The molecule has 2 aliphatic rings. The van der Waals surface area contributed by atoms with E-state index in [1.165, 1.54) is 0 Å². The second-order valence-corrected chi connectivity index (χ2v) is 9.93. The molecule has 0 unspecified atom stereocenters. The molecule has 6 nitrogen and oxygen atoms in total. The second-order valence-electron chi connectivity index (χ2n) is 9.14. The van der Waals surface area contributed by atoms with Crippen molar-refractivity contribution in [1.82, 2.24) is 9.78 Å². The van der Waals surface area contributed by atoms with Gasteiger partial charge in [-0.2, -0.15) is 5.10 Å². The SMILES string of the molecule is C[C@@H]1[C@@H](C)C(C)(C)[C@@H](C)C[C@H]1Nc1cnn(C2(C(=O)O)CCC2)c(=O)c1Br. The molecule has 2 aliphatic carbocycles. The number of aliphatic carboxylic acids is 1. The van der Waals surface area contributed by atoms with Gasteiger partial charge in [0.2, 0.25) is 0 Å². The standard InChI is InChI=1S/C20H30BrN3O3/c1-11-9-14(12(2)13(3)19(11,4)5)23-15-10-22-24(17(25)16(15)21)20(18(26)27)7-6-8-20/h10-14,23H,6-9H2,1-5H3,(H,26,27)/t11-,12+,13+,14+/m0/s1. The average Bonchev–Trinajstić information content (AvgIpc) is 2.56. The Labute approximate surface area is 168 Å². The van der Waals surface area contributed by atoms with Gasteiger partial charge >= 0.3 is 5.97 Å². The molecule has 0 saturated heterocycles. The lowest BCUT2D eigenvalue weighted by molar-refractivity contribution is -0.153. The van der Waals surface area contributed by atoms with E-state index in [2.05, 4.69) is 61.0 Å². The van der Waals surface area contributed by atoms with Gasteiger partial charge in [0.25, 0.3) is 5.56 Å². The van der Waals surface area contributed by atoms with Gasteiger partial charge in [0.05, 0.1) is 11.9 Å². The van der Waals surface area contributed by atoms with Crippen LogP contribution in [0.15, 0.2) is 15.5 Å². The molecule has 0 radical (unpaired) electrons. The molecule has 1 heterocycles. The van der Waals surface area contributed by atoms with Gasteiger partial charge in [-0.1, -0.05) is 34.6 Å². The summed E-state index contributed by atoms with van der Waals surface area (Å²) in [6, 6.07) is 0.244. The monoisotopic (exact) mass is 439 g/mol. The van der Waals surface area contributed by atoms with Crippen LogP contribution in [-0.2, 0) is 10.3 Å². The fourth-order valence-corrected chi connectivity index (χ4v) is 5.02.